The zero-order valence-electron chi connectivity index (χ0n) is 18.9. The number of ether oxygens (including phenoxy) is 2. The number of nitrogens with one attached hydrogen (secondary N) is 2. The van der Waals surface area contributed by atoms with Gasteiger partial charge in [-0.2, -0.15) is 0 Å². The molecule has 0 spiro atoms. The molecule has 2 N–H and O–H groups in total. The number of aryl methyl sites for hydroxylation is 1. The van der Waals surface area contributed by atoms with Gasteiger partial charge >= 0.3 is 0 Å². The largest absolute Gasteiger partial charge is 0.379 e. The second-order valence-corrected chi connectivity index (χ2v) is 8.65. The Morgan fingerprint density at radius 2 is 1.97 bits per heavy atom. The smallest absolute Gasteiger partial charge is 0.190 e. The van der Waals surface area contributed by atoms with E-state index in [0.29, 0.717) is 12.0 Å². The van der Waals surface area contributed by atoms with Gasteiger partial charge in [-0.05, 0) is 63.6 Å². The van der Waals surface area contributed by atoms with Crippen LogP contribution in [0, 0.1) is 12.8 Å². The quantitative estimate of drug-likeness (QED) is 0.349. The molecule has 0 aromatic heterocycles. The van der Waals surface area contributed by atoms with Crippen LogP contribution in [-0.4, -0.2) is 70.0 Å². The van der Waals surface area contributed by atoms with Crippen LogP contribution in [0.15, 0.2) is 29.3 Å². The Bertz CT molecular complexity index is 621. The molecule has 30 heavy (non-hydrogen) atoms. The summed E-state index contributed by atoms with van der Waals surface area (Å²) < 4.78 is 11.3. The van der Waals surface area contributed by atoms with Gasteiger partial charge in [0.15, 0.2) is 5.96 Å². The molecule has 2 aliphatic heterocycles. The molecule has 2 aliphatic rings. The van der Waals surface area contributed by atoms with Crippen molar-refractivity contribution in [2.45, 2.75) is 51.7 Å². The van der Waals surface area contributed by atoms with Crippen molar-refractivity contribution in [1.29, 1.82) is 0 Å². The molecule has 1 aromatic carbocycles. The van der Waals surface area contributed by atoms with Crippen molar-refractivity contribution in [1.82, 2.24) is 15.5 Å². The first-order valence-electron chi connectivity index (χ1n) is 11.6. The Morgan fingerprint density at radius 1 is 1.17 bits per heavy atom. The van der Waals surface area contributed by atoms with Crippen molar-refractivity contribution < 1.29 is 9.47 Å². The molecule has 2 fully saturated rings. The van der Waals surface area contributed by atoms with Crippen molar-refractivity contribution in [3.05, 3.63) is 35.4 Å². The van der Waals surface area contributed by atoms with Gasteiger partial charge in [0, 0.05) is 39.9 Å². The Kier molecular flexibility index (Phi) is 9.93. The van der Waals surface area contributed by atoms with E-state index in [4.69, 9.17) is 9.47 Å². The van der Waals surface area contributed by atoms with E-state index < -0.39 is 0 Å². The van der Waals surface area contributed by atoms with E-state index in [2.05, 4.69) is 51.7 Å². The zero-order chi connectivity index (χ0) is 21.0. The van der Waals surface area contributed by atoms with Crippen LogP contribution in [0.3, 0.4) is 0 Å². The summed E-state index contributed by atoms with van der Waals surface area (Å²) in [5, 5.41) is 6.91. The van der Waals surface area contributed by atoms with Gasteiger partial charge in [-0.3, -0.25) is 9.89 Å². The van der Waals surface area contributed by atoms with E-state index in [0.717, 1.165) is 58.3 Å². The van der Waals surface area contributed by atoms with Gasteiger partial charge in [0.25, 0.3) is 0 Å². The van der Waals surface area contributed by atoms with Crippen LogP contribution in [-0.2, 0) is 16.0 Å². The standard InChI is InChI=1S/C24H40N4O2/c1-20-6-8-22(9-7-20)18-28-13-10-21(11-14-28)17-27-24(25-2)26-12-4-15-29-19-23-5-3-16-30-23/h6-9,21,23H,3-5,10-19H2,1-2H3,(H2,25,26,27). The highest BCUT2D eigenvalue weighted by Gasteiger charge is 2.19. The fraction of sp³-hybridized carbons (Fsp3) is 0.708. The van der Waals surface area contributed by atoms with Crippen molar-refractivity contribution in [3.63, 3.8) is 0 Å². The second kappa shape index (κ2) is 12.9. The number of hydrogen-bond acceptors (Lipinski definition) is 4. The normalized spacial score (nSPS) is 21.1. The molecule has 0 aliphatic carbocycles. The van der Waals surface area contributed by atoms with Crippen LogP contribution in [0.5, 0.6) is 0 Å². The van der Waals surface area contributed by atoms with Crippen molar-refractivity contribution in [2.24, 2.45) is 10.9 Å². The number of benzene rings is 1. The highest BCUT2D eigenvalue weighted by Crippen LogP contribution is 2.18. The molecule has 3 rings (SSSR count). The highest BCUT2D eigenvalue weighted by atomic mass is 16.5. The summed E-state index contributed by atoms with van der Waals surface area (Å²) >= 11 is 0. The number of aliphatic imine (C=N–C) groups is 1. The number of piperidine rings is 1. The van der Waals surface area contributed by atoms with Gasteiger partial charge in [-0.15, -0.1) is 0 Å². The average Bonchev–Trinajstić information content (AvgIpc) is 3.29. The molecule has 0 saturated carbocycles. The van der Waals surface area contributed by atoms with E-state index >= 15 is 0 Å². The van der Waals surface area contributed by atoms with Crippen LogP contribution in [0.25, 0.3) is 0 Å². The van der Waals surface area contributed by atoms with E-state index in [1.807, 2.05) is 7.05 Å². The predicted molar refractivity (Wildman–Crippen MR) is 123 cm³/mol. The first-order valence-corrected chi connectivity index (χ1v) is 11.6. The van der Waals surface area contributed by atoms with Crippen LogP contribution >= 0.6 is 0 Å². The molecular formula is C24H40N4O2. The maximum absolute atomic E-state index is 5.72. The van der Waals surface area contributed by atoms with E-state index in [9.17, 15) is 0 Å². The fourth-order valence-corrected chi connectivity index (χ4v) is 4.13. The van der Waals surface area contributed by atoms with Crippen LogP contribution in [0.2, 0.25) is 0 Å². The summed E-state index contributed by atoms with van der Waals surface area (Å²) in [6, 6.07) is 8.93. The summed E-state index contributed by atoms with van der Waals surface area (Å²) in [5.74, 6) is 1.61. The molecule has 1 unspecified atom stereocenters. The first-order chi connectivity index (χ1) is 14.7. The molecule has 2 heterocycles. The molecule has 6 heteroatoms. The number of rotatable bonds is 10. The Balaban J connectivity index is 1.22. The summed E-state index contributed by atoms with van der Waals surface area (Å²) in [4.78, 5) is 6.93. The topological polar surface area (TPSA) is 58.1 Å². The molecule has 6 nitrogen and oxygen atoms in total. The van der Waals surface area contributed by atoms with E-state index in [-0.39, 0.29) is 0 Å². The first kappa shape index (κ1) is 23.0. The number of hydrogen-bond donors (Lipinski definition) is 2. The number of guanidine groups is 1. The summed E-state index contributed by atoms with van der Waals surface area (Å²) in [7, 11) is 1.84. The van der Waals surface area contributed by atoms with Crippen molar-refractivity contribution in [2.75, 3.05) is 53.0 Å². The SMILES string of the molecule is CN=C(NCCCOCC1CCCO1)NCC1CCN(Cc2ccc(C)cc2)CC1. The molecular weight excluding hydrogens is 376 g/mol. The monoisotopic (exact) mass is 416 g/mol. The van der Waals surface area contributed by atoms with Crippen LogP contribution in [0.4, 0.5) is 0 Å². The number of nitrogens with zero attached hydrogens (tertiary/aromatic N) is 2. The van der Waals surface area contributed by atoms with E-state index in [1.165, 1.54) is 43.5 Å². The van der Waals surface area contributed by atoms with Gasteiger partial charge in [0.2, 0.25) is 0 Å². The fourth-order valence-electron chi connectivity index (χ4n) is 4.13. The minimum atomic E-state index is 0.315. The molecule has 0 amide bonds. The highest BCUT2D eigenvalue weighted by molar-refractivity contribution is 5.79. The van der Waals surface area contributed by atoms with Gasteiger partial charge in [-0.1, -0.05) is 29.8 Å². The van der Waals surface area contributed by atoms with Crippen molar-refractivity contribution in [3.8, 4) is 0 Å². The van der Waals surface area contributed by atoms with E-state index in [1.54, 1.807) is 0 Å². The lowest BCUT2D eigenvalue weighted by molar-refractivity contribution is 0.0168. The van der Waals surface area contributed by atoms with Gasteiger partial charge in [0.1, 0.15) is 0 Å². The predicted octanol–water partition coefficient (Wildman–Crippen LogP) is 2.96. The molecule has 168 valence electrons. The van der Waals surface area contributed by atoms with Crippen molar-refractivity contribution >= 4 is 5.96 Å². The molecule has 0 radical (unpaired) electrons. The third kappa shape index (κ3) is 8.25. The number of likely N-dealkylation sites (tertiary alicyclic amines) is 1. The van der Waals surface area contributed by atoms with Crippen LogP contribution in [0.1, 0.15) is 43.2 Å². The lowest BCUT2D eigenvalue weighted by Gasteiger charge is -2.32. The summed E-state index contributed by atoms with van der Waals surface area (Å²) in [6.07, 6.45) is 6.09. The van der Waals surface area contributed by atoms with Gasteiger partial charge in [0.05, 0.1) is 12.7 Å². The molecule has 0 bridgehead atoms. The molecule has 1 aromatic rings. The maximum atomic E-state index is 5.72. The van der Waals surface area contributed by atoms with Gasteiger partial charge in [-0.25, -0.2) is 0 Å². The Hall–Kier alpha value is -1.63. The minimum absolute atomic E-state index is 0.315. The third-order valence-corrected chi connectivity index (χ3v) is 6.10. The van der Waals surface area contributed by atoms with Crippen LogP contribution < -0.4 is 10.6 Å². The summed E-state index contributed by atoms with van der Waals surface area (Å²) in [5.41, 5.74) is 2.75. The average molecular weight is 417 g/mol. The third-order valence-electron chi connectivity index (χ3n) is 6.10. The molecule has 2 saturated heterocycles. The second-order valence-electron chi connectivity index (χ2n) is 8.65. The Morgan fingerprint density at radius 3 is 2.67 bits per heavy atom. The lowest BCUT2D eigenvalue weighted by atomic mass is 9.96. The molecule has 1 atom stereocenters. The summed E-state index contributed by atoms with van der Waals surface area (Å²) in [6.45, 7) is 9.82. The van der Waals surface area contributed by atoms with Gasteiger partial charge < -0.3 is 20.1 Å². The minimum Gasteiger partial charge on any atom is -0.379 e. The maximum Gasteiger partial charge on any atom is 0.190 e. The zero-order valence-corrected chi connectivity index (χ0v) is 18.9. The lowest BCUT2D eigenvalue weighted by Crippen LogP contribution is -2.43. The Labute approximate surface area is 182 Å².